The smallest absolute Gasteiger partial charge is 0.242 e. The molecule has 0 aromatic carbocycles. The average molecular weight is 280 g/mol. The van der Waals surface area contributed by atoms with Crippen LogP contribution in [-0.4, -0.2) is 59.8 Å². The molecule has 0 saturated carbocycles. The first-order chi connectivity index (χ1) is 9.79. The Balaban J connectivity index is 1.75. The summed E-state index contributed by atoms with van der Waals surface area (Å²) in [7, 11) is 0. The minimum absolute atomic E-state index is 0.140. The van der Waals surface area contributed by atoms with Gasteiger partial charge in [0, 0.05) is 32.3 Å². The molecule has 0 bridgehead atoms. The maximum Gasteiger partial charge on any atom is 0.242 e. The number of nitrogens with zero attached hydrogens (tertiary/aromatic N) is 3. The molecular weight excluding hydrogens is 256 g/mol. The van der Waals surface area contributed by atoms with Crippen LogP contribution in [0.3, 0.4) is 0 Å². The molecular formula is C14H24N4O2. The van der Waals surface area contributed by atoms with Crippen molar-refractivity contribution in [1.29, 1.82) is 0 Å². The second-order valence-electron chi connectivity index (χ2n) is 5.03. The molecule has 0 radical (unpaired) electrons. The Labute approximate surface area is 120 Å². The first kappa shape index (κ1) is 15.0. The van der Waals surface area contributed by atoms with Crippen molar-refractivity contribution < 1.29 is 9.53 Å². The van der Waals surface area contributed by atoms with Gasteiger partial charge in [-0.1, -0.05) is 6.92 Å². The van der Waals surface area contributed by atoms with Crippen LogP contribution < -0.4 is 5.32 Å². The van der Waals surface area contributed by atoms with Crippen molar-refractivity contribution in [2.24, 2.45) is 0 Å². The van der Waals surface area contributed by atoms with E-state index in [1.165, 1.54) is 0 Å². The maximum absolute atomic E-state index is 12.1. The fraction of sp³-hybridized carbons (Fsp3) is 0.714. The summed E-state index contributed by atoms with van der Waals surface area (Å²) in [5.74, 6) is 0.140. The second kappa shape index (κ2) is 8.01. The number of carbonyl (C=O) groups excluding carboxylic acids is 1. The monoisotopic (exact) mass is 280 g/mol. The van der Waals surface area contributed by atoms with Crippen LogP contribution in [0.4, 0.5) is 0 Å². The highest BCUT2D eigenvalue weighted by Gasteiger charge is 2.16. The Hall–Kier alpha value is -1.40. The predicted molar refractivity (Wildman–Crippen MR) is 76.5 cm³/mol. The lowest BCUT2D eigenvalue weighted by Crippen LogP contribution is -2.42. The lowest BCUT2D eigenvalue weighted by molar-refractivity contribution is -0.135. The van der Waals surface area contributed by atoms with Gasteiger partial charge in [0.2, 0.25) is 5.91 Å². The van der Waals surface area contributed by atoms with Crippen LogP contribution in [0.2, 0.25) is 0 Å². The number of imidazole rings is 1. The number of ether oxygens (including phenoxy) is 1. The quantitative estimate of drug-likeness (QED) is 0.729. The molecule has 2 rings (SSSR count). The Morgan fingerprint density at radius 3 is 2.95 bits per heavy atom. The van der Waals surface area contributed by atoms with Gasteiger partial charge < -0.3 is 19.5 Å². The second-order valence-corrected chi connectivity index (χ2v) is 5.03. The predicted octanol–water partition coefficient (Wildman–Crippen LogP) is 0.284. The van der Waals surface area contributed by atoms with Crippen molar-refractivity contribution in [2.75, 3.05) is 39.4 Å². The summed E-state index contributed by atoms with van der Waals surface area (Å²) >= 11 is 0. The molecule has 1 saturated heterocycles. The zero-order chi connectivity index (χ0) is 14.2. The van der Waals surface area contributed by atoms with Crippen LogP contribution in [0.25, 0.3) is 0 Å². The van der Waals surface area contributed by atoms with Gasteiger partial charge in [-0.3, -0.25) is 4.79 Å². The molecule has 1 aliphatic heterocycles. The Morgan fingerprint density at radius 2 is 2.20 bits per heavy atom. The summed E-state index contributed by atoms with van der Waals surface area (Å²) in [5, 5.41) is 3.35. The average Bonchev–Trinajstić information content (AvgIpc) is 2.92. The van der Waals surface area contributed by atoms with Gasteiger partial charge in [0.05, 0.1) is 25.2 Å². The summed E-state index contributed by atoms with van der Waals surface area (Å²) < 4.78 is 7.12. The Morgan fingerprint density at radius 1 is 1.40 bits per heavy atom. The Bertz CT molecular complexity index is 413. The highest BCUT2D eigenvalue weighted by molar-refractivity contribution is 5.76. The van der Waals surface area contributed by atoms with Gasteiger partial charge in [0.15, 0.2) is 0 Å². The SMILES string of the molecule is CCCNCCc1cn(CC(=O)N2CCOCC2)cn1. The van der Waals surface area contributed by atoms with Crippen molar-refractivity contribution in [2.45, 2.75) is 26.3 Å². The van der Waals surface area contributed by atoms with Gasteiger partial charge in [-0.05, 0) is 13.0 Å². The van der Waals surface area contributed by atoms with E-state index in [0.717, 1.165) is 31.6 Å². The number of hydrogen-bond donors (Lipinski definition) is 1. The van der Waals surface area contributed by atoms with Crippen LogP contribution in [0.15, 0.2) is 12.5 Å². The van der Waals surface area contributed by atoms with Crippen molar-refractivity contribution in [3.05, 3.63) is 18.2 Å². The third-order valence-electron chi connectivity index (χ3n) is 3.35. The van der Waals surface area contributed by atoms with Crippen LogP contribution >= 0.6 is 0 Å². The number of amides is 1. The van der Waals surface area contributed by atoms with E-state index in [4.69, 9.17) is 4.74 Å². The van der Waals surface area contributed by atoms with E-state index in [9.17, 15) is 4.79 Å². The maximum atomic E-state index is 12.1. The lowest BCUT2D eigenvalue weighted by Gasteiger charge is -2.26. The molecule has 112 valence electrons. The number of carbonyl (C=O) groups is 1. The van der Waals surface area contributed by atoms with Crippen LogP contribution in [0.1, 0.15) is 19.0 Å². The molecule has 1 fully saturated rings. The van der Waals surface area contributed by atoms with E-state index in [1.807, 2.05) is 15.7 Å². The zero-order valence-electron chi connectivity index (χ0n) is 12.2. The fourth-order valence-corrected chi connectivity index (χ4v) is 2.21. The minimum Gasteiger partial charge on any atom is -0.378 e. The van der Waals surface area contributed by atoms with E-state index in [-0.39, 0.29) is 5.91 Å². The number of hydrogen-bond acceptors (Lipinski definition) is 4. The zero-order valence-corrected chi connectivity index (χ0v) is 12.2. The molecule has 0 atom stereocenters. The number of rotatable bonds is 7. The molecule has 1 aromatic heterocycles. The molecule has 1 amide bonds. The van der Waals surface area contributed by atoms with Gasteiger partial charge >= 0.3 is 0 Å². The van der Waals surface area contributed by atoms with Crippen molar-refractivity contribution >= 4 is 5.91 Å². The van der Waals surface area contributed by atoms with Crippen LogP contribution in [0.5, 0.6) is 0 Å². The van der Waals surface area contributed by atoms with Crippen molar-refractivity contribution in [3.8, 4) is 0 Å². The van der Waals surface area contributed by atoms with E-state index in [2.05, 4.69) is 17.2 Å². The van der Waals surface area contributed by atoms with Gasteiger partial charge in [0.25, 0.3) is 0 Å². The number of nitrogens with one attached hydrogen (secondary N) is 1. The third kappa shape index (κ3) is 4.61. The van der Waals surface area contributed by atoms with Crippen LogP contribution in [0, 0.1) is 0 Å². The topological polar surface area (TPSA) is 59.4 Å². The summed E-state index contributed by atoms with van der Waals surface area (Å²) in [6.07, 6.45) is 5.75. The molecule has 0 unspecified atom stereocenters. The van der Waals surface area contributed by atoms with E-state index < -0.39 is 0 Å². The first-order valence-corrected chi connectivity index (χ1v) is 7.36. The molecule has 1 aliphatic rings. The standard InChI is InChI=1S/C14H24N4O2/c1-2-4-15-5-3-13-10-17(12-16-13)11-14(19)18-6-8-20-9-7-18/h10,12,15H,2-9,11H2,1H3. The van der Waals surface area contributed by atoms with Crippen molar-refractivity contribution in [1.82, 2.24) is 19.8 Å². The highest BCUT2D eigenvalue weighted by atomic mass is 16.5. The summed E-state index contributed by atoms with van der Waals surface area (Å²) in [4.78, 5) is 18.3. The summed E-state index contributed by atoms with van der Waals surface area (Å²) in [6, 6.07) is 0. The molecule has 0 aliphatic carbocycles. The van der Waals surface area contributed by atoms with E-state index >= 15 is 0 Å². The lowest BCUT2D eigenvalue weighted by atomic mass is 10.3. The molecule has 2 heterocycles. The summed E-state index contributed by atoms with van der Waals surface area (Å²) in [5.41, 5.74) is 1.03. The normalized spacial score (nSPS) is 15.6. The number of morpholine rings is 1. The van der Waals surface area contributed by atoms with Gasteiger partial charge in [0.1, 0.15) is 6.54 Å². The van der Waals surface area contributed by atoms with Gasteiger partial charge in [-0.15, -0.1) is 0 Å². The third-order valence-corrected chi connectivity index (χ3v) is 3.35. The van der Waals surface area contributed by atoms with E-state index in [0.29, 0.717) is 32.8 Å². The molecule has 1 aromatic rings. The Kier molecular flexibility index (Phi) is 6.01. The fourth-order valence-electron chi connectivity index (χ4n) is 2.21. The largest absolute Gasteiger partial charge is 0.378 e. The van der Waals surface area contributed by atoms with Crippen molar-refractivity contribution in [3.63, 3.8) is 0 Å². The van der Waals surface area contributed by atoms with E-state index in [1.54, 1.807) is 6.33 Å². The minimum atomic E-state index is 0.140. The van der Waals surface area contributed by atoms with Gasteiger partial charge in [-0.2, -0.15) is 0 Å². The molecule has 20 heavy (non-hydrogen) atoms. The molecule has 0 spiro atoms. The molecule has 1 N–H and O–H groups in total. The molecule has 6 nitrogen and oxygen atoms in total. The summed E-state index contributed by atoms with van der Waals surface area (Å²) in [6.45, 7) is 7.17. The number of aromatic nitrogens is 2. The molecule has 6 heteroatoms. The highest BCUT2D eigenvalue weighted by Crippen LogP contribution is 2.02. The van der Waals surface area contributed by atoms with Gasteiger partial charge in [-0.25, -0.2) is 4.98 Å². The van der Waals surface area contributed by atoms with Crippen LogP contribution in [-0.2, 0) is 22.5 Å². The first-order valence-electron chi connectivity index (χ1n) is 7.36.